The summed E-state index contributed by atoms with van der Waals surface area (Å²) in [7, 11) is 0. The molecular weight excluding hydrogens is 546 g/mol. The number of benzene rings is 1. The lowest BCUT2D eigenvalue weighted by molar-refractivity contribution is -0.406. The van der Waals surface area contributed by atoms with E-state index >= 15 is 0 Å². The first-order valence-electron chi connectivity index (χ1n) is 9.58. The zero-order chi connectivity index (χ0) is 28.6. The second kappa shape index (κ2) is 9.77. The molecule has 1 aromatic carbocycles. The fourth-order valence-electron chi connectivity index (χ4n) is 2.66. The largest absolute Gasteiger partial charge is 0.462 e. The van der Waals surface area contributed by atoms with Gasteiger partial charge in [-0.2, -0.15) is 49.0 Å². The molecule has 0 fully saturated rings. The number of alkyl halides is 12. The van der Waals surface area contributed by atoms with Crippen molar-refractivity contribution in [3.8, 4) is 5.69 Å². The van der Waals surface area contributed by atoms with E-state index in [4.69, 9.17) is 0 Å². The summed E-state index contributed by atoms with van der Waals surface area (Å²) in [6, 6.07) is 6.38. The highest BCUT2D eigenvalue weighted by atomic mass is 19.4. The molecule has 0 aliphatic rings. The average molecular weight is 559 g/mol. The van der Waals surface area contributed by atoms with Crippen molar-refractivity contribution in [1.29, 1.82) is 0 Å². The van der Waals surface area contributed by atoms with E-state index in [9.17, 15) is 62.3 Å². The van der Waals surface area contributed by atoms with Gasteiger partial charge in [0.25, 0.3) is 0 Å². The van der Waals surface area contributed by atoms with E-state index in [1.807, 2.05) is 0 Å². The maximum Gasteiger partial charge on any atom is 0.393 e. The number of para-hydroxylation sites is 1. The van der Waals surface area contributed by atoms with Gasteiger partial charge in [-0.15, -0.1) is 0 Å². The first-order valence-corrected chi connectivity index (χ1v) is 9.58. The first kappa shape index (κ1) is 29.8. The summed E-state index contributed by atoms with van der Waals surface area (Å²) in [5, 5.41) is 4.49. The molecule has 0 bridgehead atoms. The summed E-state index contributed by atoms with van der Waals surface area (Å²) < 4.78 is 166. The second-order valence-corrected chi connectivity index (χ2v) is 7.05. The minimum Gasteiger partial charge on any atom is -0.462 e. The molecule has 6 nitrogen and oxygen atoms in total. The topological polar surface area (TPSA) is 73.2 Å². The molecule has 18 heteroatoms. The molecule has 0 aliphatic carbocycles. The zero-order valence-electron chi connectivity index (χ0n) is 17.9. The normalized spacial score (nSPS) is 13.6. The number of ether oxygens (including phenoxy) is 1. The van der Waals surface area contributed by atoms with Crippen molar-refractivity contribution in [2.75, 3.05) is 11.9 Å². The van der Waals surface area contributed by atoms with Crippen molar-refractivity contribution >= 4 is 17.7 Å². The van der Waals surface area contributed by atoms with Gasteiger partial charge in [0.15, 0.2) is 5.82 Å². The maximum atomic E-state index is 14.3. The molecule has 2 rings (SSSR count). The summed E-state index contributed by atoms with van der Waals surface area (Å²) in [6.07, 6.45) is -5.11. The lowest BCUT2D eigenvalue weighted by Gasteiger charge is -2.38. The van der Waals surface area contributed by atoms with E-state index in [1.54, 1.807) is 0 Å². The van der Waals surface area contributed by atoms with Crippen LogP contribution in [-0.4, -0.2) is 64.3 Å². The highest BCUT2D eigenvalue weighted by Gasteiger charge is 2.89. The van der Waals surface area contributed by atoms with Gasteiger partial charge in [-0.25, -0.2) is 18.3 Å². The molecule has 37 heavy (non-hydrogen) atoms. The van der Waals surface area contributed by atoms with Crippen molar-refractivity contribution in [1.82, 2.24) is 9.78 Å². The number of rotatable bonds is 10. The van der Waals surface area contributed by atoms with Crippen LogP contribution in [0.15, 0.2) is 36.5 Å². The van der Waals surface area contributed by atoms with Crippen LogP contribution in [0.5, 0.6) is 0 Å². The van der Waals surface area contributed by atoms with Gasteiger partial charge in [0.05, 0.1) is 18.5 Å². The number of anilines is 1. The van der Waals surface area contributed by atoms with Crippen LogP contribution in [-0.2, 0) is 9.53 Å². The predicted molar refractivity (Wildman–Crippen MR) is 98.9 cm³/mol. The van der Waals surface area contributed by atoms with Gasteiger partial charge in [0, 0.05) is 0 Å². The lowest BCUT2D eigenvalue weighted by Crippen LogP contribution is -2.70. The van der Waals surface area contributed by atoms with Gasteiger partial charge in [0.2, 0.25) is 0 Å². The fraction of sp³-hybridized carbons (Fsp3) is 0.421. The van der Waals surface area contributed by atoms with Crippen molar-refractivity contribution in [2.24, 2.45) is 0 Å². The fourth-order valence-corrected chi connectivity index (χ4v) is 2.66. The Morgan fingerprint density at radius 1 is 0.919 bits per heavy atom. The number of amides is 1. The van der Waals surface area contributed by atoms with Crippen molar-refractivity contribution in [2.45, 2.75) is 43.0 Å². The summed E-state index contributed by atoms with van der Waals surface area (Å²) in [6.45, 7) is 0.917. The molecule has 0 radical (unpaired) electrons. The van der Waals surface area contributed by atoms with E-state index in [-0.39, 0.29) is 12.3 Å². The van der Waals surface area contributed by atoms with Crippen LogP contribution in [0.1, 0.15) is 17.3 Å². The Hall–Kier alpha value is -3.47. The standard InChI is InChI=1S/C19H13F12N3O3/c1-2-37-12(35)10-8-32-34(9-6-4-3-5-7-9)11(10)33-14(36)16(24,25)18(28,29)19(30,31)17(26,27)15(22,23)13(20)21/h3-8,13H,2H2,1H3,(H,33,36). The number of carbonyl (C=O) groups excluding carboxylic acids is 2. The number of esters is 1. The number of carbonyl (C=O) groups is 2. The number of aromatic nitrogens is 2. The molecule has 1 heterocycles. The highest BCUT2D eigenvalue weighted by molar-refractivity contribution is 6.03. The Balaban J connectivity index is 2.58. The summed E-state index contributed by atoms with van der Waals surface area (Å²) in [5.41, 5.74) is -1.05. The first-order chi connectivity index (χ1) is 16.8. The SMILES string of the molecule is CCOC(=O)c1cnn(-c2ccccc2)c1NC(=O)C(F)(F)C(F)(F)C(F)(F)C(F)(F)C(F)(F)C(F)F. The van der Waals surface area contributed by atoms with Gasteiger partial charge < -0.3 is 10.1 Å². The van der Waals surface area contributed by atoms with Crippen LogP contribution in [0.2, 0.25) is 0 Å². The third-order valence-corrected chi connectivity index (χ3v) is 4.66. The van der Waals surface area contributed by atoms with E-state index in [2.05, 4.69) is 9.84 Å². The number of halogens is 12. The Morgan fingerprint density at radius 2 is 1.46 bits per heavy atom. The maximum absolute atomic E-state index is 14.3. The predicted octanol–water partition coefficient (Wildman–Crippen LogP) is 5.43. The van der Waals surface area contributed by atoms with Gasteiger partial charge in [-0.05, 0) is 19.1 Å². The molecule has 1 N–H and O–H groups in total. The Bertz CT molecular complexity index is 1140. The van der Waals surface area contributed by atoms with E-state index in [0.717, 1.165) is 5.32 Å². The monoisotopic (exact) mass is 559 g/mol. The molecular formula is C19H13F12N3O3. The van der Waals surface area contributed by atoms with Gasteiger partial charge in [-0.3, -0.25) is 4.79 Å². The summed E-state index contributed by atoms with van der Waals surface area (Å²) in [5.74, 6) is -43.6. The van der Waals surface area contributed by atoms with Crippen LogP contribution in [0.3, 0.4) is 0 Å². The van der Waals surface area contributed by atoms with Gasteiger partial charge in [0.1, 0.15) is 5.56 Å². The van der Waals surface area contributed by atoms with Crippen LogP contribution >= 0.6 is 0 Å². The molecule has 0 saturated heterocycles. The quantitative estimate of drug-likeness (QED) is 0.312. The van der Waals surface area contributed by atoms with E-state index in [1.165, 1.54) is 37.3 Å². The smallest absolute Gasteiger partial charge is 0.393 e. The molecule has 0 atom stereocenters. The lowest BCUT2D eigenvalue weighted by atomic mass is 9.94. The van der Waals surface area contributed by atoms with Crippen LogP contribution in [0, 0.1) is 0 Å². The third-order valence-electron chi connectivity index (χ3n) is 4.66. The van der Waals surface area contributed by atoms with Crippen molar-refractivity contribution in [3.05, 3.63) is 42.1 Å². The summed E-state index contributed by atoms with van der Waals surface area (Å²) in [4.78, 5) is 24.1. The van der Waals surface area contributed by atoms with Crippen LogP contribution < -0.4 is 5.32 Å². The van der Waals surface area contributed by atoms with E-state index in [0.29, 0.717) is 10.9 Å². The highest BCUT2D eigenvalue weighted by Crippen LogP contribution is 2.58. The minimum atomic E-state index is -7.90. The molecule has 0 saturated carbocycles. The van der Waals surface area contributed by atoms with Crippen molar-refractivity contribution < 1.29 is 67.0 Å². The molecule has 0 spiro atoms. The minimum absolute atomic E-state index is 0.142. The number of hydrogen-bond acceptors (Lipinski definition) is 4. The Labute approximate surface area is 198 Å². The number of nitrogens with one attached hydrogen (secondary N) is 1. The van der Waals surface area contributed by atoms with Gasteiger partial charge in [-0.1, -0.05) is 18.2 Å². The van der Waals surface area contributed by atoms with Crippen LogP contribution in [0.25, 0.3) is 5.69 Å². The molecule has 1 amide bonds. The molecule has 0 aliphatic heterocycles. The van der Waals surface area contributed by atoms with Crippen LogP contribution in [0.4, 0.5) is 58.5 Å². The second-order valence-electron chi connectivity index (χ2n) is 7.05. The zero-order valence-corrected chi connectivity index (χ0v) is 17.9. The average Bonchev–Trinajstić information content (AvgIpc) is 3.22. The van der Waals surface area contributed by atoms with Crippen molar-refractivity contribution in [3.63, 3.8) is 0 Å². The molecule has 1 aromatic heterocycles. The molecule has 206 valence electrons. The molecule has 2 aromatic rings. The third kappa shape index (κ3) is 4.68. The number of hydrogen-bond donors (Lipinski definition) is 1. The number of nitrogens with zero attached hydrogens (tertiary/aromatic N) is 2. The van der Waals surface area contributed by atoms with E-state index < -0.39 is 59.3 Å². The summed E-state index contributed by atoms with van der Waals surface area (Å²) >= 11 is 0. The molecule has 0 unspecified atom stereocenters. The Morgan fingerprint density at radius 3 is 1.95 bits per heavy atom. The van der Waals surface area contributed by atoms with Gasteiger partial charge >= 0.3 is 47.9 Å². The Kier molecular flexibility index (Phi) is 7.86.